The SMILES string of the molecule is NC(N)=NNCCOc1ccccc1Br. The Morgan fingerprint density at radius 2 is 2.13 bits per heavy atom. The predicted octanol–water partition coefficient (Wildman–Crippen LogP) is 0.606. The van der Waals surface area contributed by atoms with E-state index >= 15 is 0 Å². The van der Waals surface area contributed by atoms with Crippen molar-refractivity contribution in [2.24, 2.45) is 16.6 Å². The molecule has 0 amide bonds. The minimum Gasteiger partial charge on any atom is -0.491 e. The Balaban J connectivity index is 2.26. The average molecular weight is 273 g/mol. The van der Waals surface area contributed by atoms with E-state index in [9.17, 15) is 0 Å². The molecule has 0 aliphatic rings. The number of nitrogens with one attached hydrogen (secondary N) is 1. The van der Waals surface area contributed by atoms with Gasteiger partial charge in [0.05, 0.1) is 11.0 Å². The Morgan fingerprint density at radius 1 is 1.40 bits per heavy atom. The van der Waals surface area contributed by atoms with Crippen molar-refractivity contribution in [2.75, 3.05) is 13.2 Å². The summed E-state index contributed by atoms with van der Waals surface area (Å²) in [5, 5.41) is 3.61. The van der Waals surface area contributed by atoms with Crippen LogP contribution in [0, 0.1) is 0 Å². The largest absolute Gasteiger partial charge is 0.491 e. The van der Waals surface area contributed by atoms with E-state index in [1.54, 1.807) is 0 Å². The topological polar surface area (TPSA) is 85.7 Å². The first-order chi connectivity index (χ1) is 7.20. The molecule has 15 heavy (non-hydrogen) atoms. The van der Waals surface area contributed by atoms with E-state index in [-0.39, 0.29) is 5.96 Å². The number of benzene rings is 1. The number of guanidine groups is 1. The van der Waals surface area contributed by atoms with Crippen molar-refractivity contribution in [1.29, 1.82) is 0 Å². The summed E-state index contributed by atoms with van der Waals surface area (Å²) in [7, 11) is 0. The van der Waals surface area contributed by atoms with Gasteiger partial charge in [-0.1, -0.05) is 12.1 Å². The summed E-state index contributed by atoms with van der Waals surface area (Å²) < 4.78 is 6.38. The van der Waals surface area contributed by atoms with E-state index in [1.807, 2.05) is 24.3 Å². The van der Waals surface area contributed by atoms with Gasteiger partial charge in [0.15, 0.2) is 0 Å². The molecule has 0 aromatic heterocycles. The van der Waals surface area contributed by atoms with Crippen LogP contribution in [0.15, 0.2) is 33.8 Å². The molecule has 0 spiro atoms. The molecule has 0 radical (unpaired) electrons. The van der Waals surface area contributed by atoms with Crippen molar-refractivity contribution < 1.29 is 4.74 Å². The molecular formula is C9H13BrN4O. The van der Waals surface area contributed by atoms with Gasteiger partial charge in [-0.15, -0.1) is 5.10 Å². The molecule has 0 heterocycles. The number of hydrogen-bond donors (Lipinski definition) is 3. The maximum Gasteiger partial charge on any atom is 0.208 e. The predicted molar refractivity (Wildman–Crippen MR) is 63.4 cm³/mol. The molecule has 5 N–H and O–H groups in total. The van der Waals surface area contributed by atoms with Crippen LogP contribution in [-0.2, 0) is 0 Å². The van der Waals surface area contributed by atoms with Gasteiger partial charge in [0.25, 0.3) is 0 Å². The second kappa shape index (κ2) is 6.13. The molecule has 5 nitrogen and oxygen atoms in total. The number of nitrogens with zero attached hydrogens (tertiary/aromatic N) is 1. The van der Waals surface area contributed by atoms with Gasteiger partial charge in [0.1, 0.15) is 12.4 Å². The summed E-state index contributed by atoms with van der Waals surface area (Å²) in [6.07, 6.45) is 0. The summed E-state index contributed by atoms with van der Waals surface area (Å²) >= 11 is 3.38. The molecule has 0 aliphatic heterocycles. The third-order valence-corrected chi connectivity index (χ3v) is 2.17. The zero-order valence-corrected chi connectivity index (χ0v) is 9.70. The van der Waals surface area contributed by atoms with Crippen LogP contribution in [0.5, 0.6) is 5.75 Å². The lowest BCUT2D eigenvalue weighted by Gasteiger charge is -2.07. The first kappa shape index (κ1) is 11.6. The summed E-state index contributed by atoms with van der Waals surface area (Å²) in [5.41, 5.74) is 12.9. The maximum atomic E-state index is 5.46. The molecule has 0 saturated carbocycles. The molecule has 0 bridgehead atoms. The second-order valence-electron chi connectivity index (χ2n) is 2.72. The number of nitrogens with two attached hydrogens (primary N) is 2. The number of hydrogen-bond acceptors (Lipinski definition) is 3. The Kier molecular flexibility index (Phi) is 4.76. The van der Waals surface area contributed by atoms with Crippen LogP contribution in [0.4, 0.5) is 0 Å². The van der Waals surface area contributed by atoms with Gasteiger partial charge in [-0.05, 0) is 28.1 Å². The van der Waals surface area contributed by atoms with E-state index < -0.39 is 0 Å². The van der Waals surface area contributed by atoms with Crippen LogP contribution in [0.1, 0.15) is 0 Å². The first-order valence-electron chi connectivity index (χ1n) is 4.39. The van der Waals surface area contributed by atoms with E-state index in [0.29, 0.717) is 13.2 Å². The minimum atomic E-state index is 0.0101. The molecule has 0 fully saturated rings. The lowest BCUT2D eigenvalue weighted by molar-refractivity contribution is 0.313. The van der Waals surface area contributed by atoms with Gasteiger partial charge in [-0.3, -0.25) is 0 Å². The fraction of sp³-hybridized carbons (Fsp3) is 0.222. The highest BCUT2D eigenvalue weighted by Gasteiger charge is 1.97. The normalized spacial score (nSPS) is 9.40. The standard InChI is InChI=1S/C9H13BrN4O/c10-7-3-1-2-4-8(7)15-6-5-13-14-9(11)12/h1-4,13H,5-6H2,(H4,11,12,14). The third kappa shape index (κ3) is 4.55. The monoisotopic (exact) mass is 272 g/mol. The Hall–Kier alpha value is -1.43. The molecule has 1 aromatic rings. The Bertz CT molecular complexity index is 339. The summed E-state index contributed by atoms with van der Waals surface area (Å²) in [6, 6.07) is 7.63. The highest BCUT2D eigenvalue weighted by molar-refractivity contribution is 9.10. The van der Waals surface area contributed by atoms with Crippen molar-refractivity contribution in [3.63, 3.8) is 0 Å². The average Bonchev–Trinajstić information content (AvgIpc) is 2.20. The number of rotatable bonds is 5. The molecule has 0 saturated heterocycles. The molecule has 0 unspecified atom stereocenters. The summed E-state index contributed by atoms with van der Waals surface area (Å²) in [4.78, 5) is 0. The van der Waals surface area contributed by atoms with Crippen molar-refractivity contribution in [1.82, 2.24) is 5.43 Å². The van der Waals surface area contributed by atoms with Crippen LogP contribution >= 0.6 is 15.9 Å². The highest BCUT2D eigenvalue weighted by Crippen LogP contribution is 2.23. The van der Waals surface area contributed by atoms with E-state index in [4.69, 9.17) is 16.2 Å². The van der Waals surface area contributed by atoms with Crippen molar-refractivity contribution in [3.05, 3.63) is 28.7 Å². The summed E-state index contributed by atoms with van der Waals surface area (Å²) in [5.74, 6) is 0.805. The fourth-order valence-corrected chi connectivity index (χ4v) is 1.31. The summed E-state index contributed by atoms with van der Waals surface area (Å²) in [6.45, 7) is 1.03. The smallest absolute Gasteiger partial charge is 0.208 e. The maximum absolute atomic E-state index is 5.46. The molecule has 82 valence electrons. The second-order valence-corrected chi connectivity index (χ2v) is 3.58. The van der Waals surface area contributed by atoms with E-state index in [0.717, 1.165) is 10.2 Å². The van der Waals surface area contributed by atoms with E-state index in [1.165, 1.54) is 0 Å². The molecule has 0 atom stereocenters. The van der Waals surface area contributed by atoms with Gasteiger partial charge in [-0.25, -0.2) is 0 Å². The molecule has 1 aromatic carbocycles. The number of para-hydroxylation sites is 1. The molecular weight excluding hydrogens is 260 g/mol. The van der Waals surface area contributed by atoms with Crippen molar-refractivity contribution in [2.45, 2.75) is 0 Å². The lowest BCUT2D eigenvalue weighted by atomic mass is 10.3. The molecule has 0 aliphatic carbocycles. The number of ether oxygens (including phenoxy) is 1. The third-order valence-electron chi connectivity index (χ3n) is 1.52. The van der Waals surface area contributed by atoms with Crippen molar-refractivity contribution >= 4 is 21.9 Å². The quantitative estimate of drug-likeness (QED) is 0.317. The Morgan fingerprint density at radius 3 is 2.80 bits per heavy atom. The van der Waals surface area contributed by atoms with Gasteiger partial charge >= 0.3 is 0 Å². The number of hydrazone groups is 1. The van der Waals surface area contributed by atoms with Crippen molar-refractivity contribution in [3.8, 4) is 5.75 Å². The van der Waals surface area contributed by atoms with Gasteiger partial charge < -0.3 is 21.6 Å². The van der Waals surface area contributed by atoms with Crippen LogP contribution < -0.4 is 21.6 Å². The van der Waals surface area contributed by atoms with Crippen LogP contribution in [0.3, 0.4) is 0 Å². The molecule has 6 heteroatoms. The van der Waals surface area contributed by atoms with Gasteiger partial charge in [0, 0.05) is 0 Å². The highest BCUT2D eigenvalue weighted by atomic mass is 79.9. The van der Waals surface area contributed by atoms with Gasteiger partial charge in [-0.2, -0.15) is 0 Å². The first-order valence-corrected chi connectivity index (χ1v) is 5.18. The van der Waals surface area contributed by atoms with Crippen LogP contribution in [-0.4, -0.2) is 19.1 Å². The lowest BCUT2D eigenvalue weighted by Crippen LogP contribution is -2.27. The molecule has 1 rings (SSSR count). The van der Waals surface area contributed by atoms with Crippen LogP contribution in [0.2, 0.25) is 0 Å². The zero-order chi connectivity index (χ0) is 11.1. The number of halogens is 1. The minimum absolute atomic E-state index is 0.0101. The van der Waals surface area contributed by atoms with E-state index in [2.05, 4.69) is 26.5 Å². The van der Waals surface area contributed by atoms with Crippen LogP contribution in [0.25, 0.3) is 0 Å². The fourth-order valence-electron chi connectivity index (χ4n) is 0.916. The van der Waals surface area contributed by atoms with Gasteiger partial charge in [0.2, 0.25) is 5.96 Å². The zero-order valence-electron chi connectivity index (χ0n) is 8.11. The Labute approximate surface area is 96.6 Å².